The van der Waals surface area contributed by atoms with Crippen molar-refractivity contribution in [3.8, 4) is 5.75 Å². The van der Waals surface area contributed by atoms with Crippen LogP contribution in [0.5, 0.6) is 5.75 Å². The maximum Gasteiger partial charge on any atom is 0.256 e. The first-order valence-electron chi connectivity index (χ1n) is 8.80. The maximum atomic E-state index is 12.9. The fraction of sp³-hybridized carbons (Fsp3) is 0.450. The number of piperazine rings is 1. The average molecular weight is 341 g/mol. The van der Waals surface area contributed by atoms with Crippen LogP contribution in [0.3, 0.4) is 0 Å². The third kappa shape index (κ3) is 3.87. The first-order chi connectivity index (χ1) is 12.0. The predicted octanol–water partition coefficient (Wildman–Crippen LogP) is 2.99. The molecule has 1 atom stereocenters. The highest BCUT2D eigenvalue weighted by Crippen LogP contribution is 2.20. The number of amides is 1. The smallest absolute Gasteiger partial charge is 0.256 e. The molecular formula is C20H27N3O2. The van der Waals surface area contributed by atoms with Crippen LogP contribution in [0.25, 0.3) is 0 Å². The number of hydrogen-bond acceptors (Lipinski definition) is 3. The van der Waals surface area contributed by atoms with Crippen molar-refractivity contribution in [1.29, 1.82) is 0 Å². The van der Waals surface area contributed by atoms with E-state index in [-0.39, 0.29) is 11.9 Å². The van der Waals surface area contributed by atoms with Gasteiger partial charge in [0.25, 0.3) is 5.91 Å². The molecule has 0 bridgehead atoms. The summed E-state index contributed by atoms with van der Waals surface area (Å²) in [6.45, 7) is 9.48. The standard InChI is InChI=1S/C20H27N3O2/c1-14-10-19(16(3)21-14)20(24)23-9-8-22(12-15(23)2)13-17-6-5-7-18(11-17)25-4/h5-7,10-11,15,21H,8-9,12-13H2,1-4H3/t15-/m0/s1. The van der Waals surface area contributed by atoms with Gasteiger partial charge in [-0.2, -0.15) is 0 Å². The fourth-order valence-corrected chi connectivity index (χ4v) is 3.61. The van der Waals surface area contributed by atoms with Gasteiger partial charge in [0.05, 0.1) is 12.7 Å². The third-order valence-corrected chi connectivity index (χ3v) is 4.89. The molecule has 5 nitrogen and oxygen atoms in total. The summed E-state index contributed by atoms with van der Waals surface area (Å²) in [6.07, 6.45) is 0. The lowest BCUT2D eigenvalue weighted by Crippen LogP contribution is -2.53. The van der Waals surface area contributed by atoms with Gasteiger partial charge < -0.3 is 14.6 Å². The molecule has 1 saturated heterocycles. The number of aryl methyl sites for hydroxylation is 2. The van der Waals surface area contributed by atoms with Crippen LogP contribution in [-0.4, -0.2) is 53.5 Å². The van der Waals surface area contributed by atoms with Gasteiger partial charge in [-0.05, 0) is 44.5 Å². The van der Waals surface area contributed by atoms with E-state index in [0.29, 0.717) is 0 Å². The summed E-state index contributed by atoms with van der Waals surface area (Å²) in [5.41, 5.74) is 4.02. The van der Waals surface area contributed by atoms with Gasteiger partial charge in [0.1, 0.15) is 5.75 Å². The van der Waals surface area contributed by atoms with E-state index in [9.17, 15) is 4.79 Å². The number of benzene rings is 1. The van der Waals surface area contributed by atoms with E-state index in [1.165, 1.54) is 5.56 Å². The highest BCUT2D eigenvalue weighted by atomic mass is 16.5. The van der Waals surface area contributed by atoms with Gasteiger partial charge >= 0.3 is 0 Å². The minimum atomic E-state index is 0.135. The summed E-state index contributed by atoms with van der Waals surface area (Å²) in [4.78, 5) is 20.5. The Kier molecular flexibility index (Phi) is 5.13. The molecule has 2 aromatic rings. The van der Waals surface area contributed by atoms with Crippen LogP contribution in [0.2, 0.25) is 0 Å². The summed E-state index contributed by atoms with van der Waals surface area (Å²) in [6, 6.07) is 10.3. The molecule has 1 aromatic carbocycles. The van der Waals surface area contributed by atoms with Crippen LogP contribution in [0.15, 0.2) is 30.3 Å². The lowest BCUT2D eigenvalue weighted by Gasteiger charge is -2.40. The SMILES string of the molecule is COc1cccc(CN2CCN(C(=O)c3cc(C)[nH]c3C)[C@@H](C)C2)c1. The zero-order valence-corrected chi connectivity index (χ0v) is 15.5. The lowest BCUT2D eigenvalue weighted by molar-refractivity contribution is 0.0475. The van der Waals surface area contributed by atoms with Crippen LogP contribution in [0, 0.1) is 13.8 Å². The first kappa shape index (κ1) is 17.5. The maximum absolute atomic E-state index is 12.9. The number of ether oxygens (including phenoxy) is 1. The van der Waals surface area contributed by atoms with Gasteiger partial charge in [-0.3, -0.25) is 9.69 Å². The molecule has 1 aliphatic rings. The van der Waals surface area contributed by atoms with Crippen molar-refractivity contribution in [2.75, 3.05) is 26.7 Å². The zero-order valence-electron chi connectivity index (χ0n) is 15.5. The van der Waals surface area contributed by atoms with E-state index in [1.807, 2.05) is 36.9 Å². The van der Waals surface area contributed by atoms with Crippen molar-refractivity contribution in [2.24, 2.45) is 0 Å². The number of aromatic nitrogens is 1. The minimum absolute atomic E-state index is 0.135. The molecule has 0 radical (unpaired) electrons. The molecule has 1 amide bonds. The van der Waals surface area contributed by atoms with Crippen molar-refractivity contribution in [1.82, 2.24) is 14.8 Å². The Labute approximate surface area is 149 Å². The van der Waals surface area contributed by atoms with Gasteiger partial charge in [-0.25, -0.2) is 0 Å². The molecule has 2 heterocycles. The Morgan fingerprint density at radius 3 is 2.72 bits per heavy atom. The monoisotopic (exact) mass is 341 g/mol. The van der Waals surface area contributed by atoms with Crippen molar-refractivity contribution < 1.29 is 9.53 Å². The van der Waals surface area contributed by atoms with E-state index in [4.69, 9.17) is 4.74 Å². The third-order valence-electron chi connectivity index (χ3n) is 4.89. The van der Waals surface area contributed by atoms with Gasteiger partial charge in [0.15, 0.2) is 0 Å². The Hall–Kier alpha value is -2.27. The Morgan fingerprint density at radius 2 is 2.08 bits per heavy atom. The summed E-state index contributed by atoms with van der Waals surface area (Å²) < 4.78 is 5.30. The van der Waals surface area contributed by atoms with E-state index in [1.54, 1.807) is 7.11 Å². The van der Waals surface area contributed by atoms with Crippen LogP contribution < -0.4 is 4.74 Å². The number of carbonyl (C=O) groups excluding carboxylic acids is 1. The topological polar surface area (TPSA) is 48.6 Å². The number of nitrogens with one attached hydrogen (secondary N) is 1. The van der Waals surface area contributed by atoms with Gasteiger partial charge in [0.2, 0.25) is 0 Å². The molecular weight excluding hydrogens is 314 g/mol. The van der Waals surface area contributed by atoms with Gasteiger partial charge in [-0.15, -0.1) is 0 Å². The van der Waals surface area contributed by atoms with Crippen LogP contribution in [0.4, 0.5) is 0 Å². The molecule has 1 N–H and O–H groups in total. The molecule has 25 heavy (non-hydrogen) atoms. The van der Waals surface area contributed by atoms with Crippen molar-refractivity contribution >= 4 is 5.91 Å². The quantitative estimate of drug-likeness (QED) is 0.930. The normalized spacial score (nSPS) is 18.4. The number of rotatable bonds is 4. The summed E-state index contributed by atoms with van der Waals surface area (Å²) in [5, 5.41) is 0. The molecule has 5 heteroatoms. The molecule has 1 fully saturated rings. The highest BCUT2D eigenvalue weighted by molar-refractivity contribution is 5.95. The molecule has 0 unspecified atom stereocenters. The number of aromatic amines is 1. The first-order valence-corrected chi connectivity index (χ1v) is 8.80. The predicted molar refractivity (Wildman–Crippen MR) is 99.0 cm³/mol. The van der Waals surface area contributed by atoms with Crippen molar-refractivity contribution in [2.45, 2.75) is 33.4 Å². The summed E-state index contributed by atoms with van der Waals surface area (Å²) >= 11 is 0. The van der Waals surface area contributed by atoms with E-state index in [2.05, 4.69) is 28.9 Å². The molecule has 3 rings (SSSR count). The molecule has 0 saturated carbocycles. The fourth-order valence-electron chi connectivity index (χ4n) is 3.61. The molecule has 1 aromatic heterocycles. The highest BCUT2D eigenvalue weighted by Gasteiger charge is 2.29. The van der Waals surface area contributed by atoms with Crippen LogP contribution >= 0.6 is 0 Å². The number of methoxy groups -OCH3 is 1. The summed E-state index contributed by atoms with van der Waals surface area (Å²) in [7, 11) is 1.69. The van der Waals surface area contributed by atoms with Crippen LogP contribution in [0.1, 0.15) is 34.2 Å². The Bertz CT molecular complexity index is 753. The van der Waals surface area contributed by atoms with Crippen LogP contribution in [-0.2, 0) is 6.54 Å². The molecule has 0 aliphatic carbocycles. The van der Waals surface area contributed by atoms with Gasteiger partial charge in [-0.1, -0.05) is 12.1 Å². The second-order valence-corrected chi connectivity index (χ2v) is 6.93. The second kappa shape index (κ2) is 7.31. The zero-order chi connectivity index (χ0) is 18.0. The van der Waals surface area contributed by atoms with Crippen molar-refractivity contribution in [3.63, 3.8) is 0 Å². The second-order valence-electron chi connectivity index (χ2n) is 6.93. The van der Waals surface area contributed by atoms with Gasteiger partial charge in [0, 0.05) is 43.6 Å². The Morgan fingerprint density at radius 1 is 1.28 bits per heavy atom. The van der Waals surface area contributed by atoms with E-state index in [0.717, 1.165) is 48.9 Å². The lowest BCUT2D eigenvalue weighted by atomic mass is 10.1. The number of carbonyl (C=O) groups is 1. The minimum Gasteiger partial charge on any atom is -0.497 e. The molecule has 1 aliphatic heterocycles. The molecule has 134 valence electrons. The number of nitrogens with zero attached hydrogens (tertiary/aromatic N) is 2. The Balaban J connectivity index is 1.64. The largest absolute Gasteiger partial charge is 0.497 e. The van der Waals surface area contributed by atoms with Crippen molar-refractivity contribution in [3.05, 3.63) is 52.8 Å². The van der Waals surface area contributed by atoms with E-state index < -0.39 is 0 Å². The number of hydrogen-bond donors (Lipinski definition) is 1. The number of H-pyrrole nitrogens is 1. The average Bonchev–Trinajstić information content (AvgIpc) is 2.93. The van der Waals surface area contributed by atoms with E-state index >= 15 is 0 Å². The summed E-state index contributed by atoms with van der Waals surface area (Å²) in [5.74, 6) is 1.02. The molecule has 0 spiro atoms.